The van der Waals surface area contributed by atoms with E-state index in [1.807, 2.05) is 0 Å². The molecule has 0 fully saturated rings. The second-order valence-corrected chi connectivity index (χ2v) is 4.89. The van der Waals surface area contributed by atoms with Gasteiger partial charge in [-0.2, -0.15) is 22.0 Å². The summed E-state index contributed by atoms with van der Waals surface area (Å²) in [6.45, 7) is 1.65. The normalized spacial score (nSPS) is 15.4. The summed E-state index contributed by atoms with van der Waals surface area (Å²) < 4.78 is 66.6. The van der Waals surface area contributed by atoms with Gasteiger partial charge in [-0.15, -0.1) is 0 Å². The lowest BCUT2D eigenvalue weighted by Gasteiger charge is -2.37. The third-order valence-corrected chi connectivity index (χ3v) is 3.36. The van der Waals surface area contributed by atoms with E-state index >= 15 is 0 Å². The van der Waals surface area contributed by atoms with Gasteiger partial charge >= 0.3 is 12.1 Å². The van der Waals surface area contributed by atoms with E-state index in [-0.39, 0.29) is 0 Å². The molecule has 0 spiro atoms. The van der Waals surface area contributed by atoms with Gasteiger partial charge in [0.1, 0.15) is 0 Å². The lowest BCUT2D eigenvalue weighted by molar-refractivity contribution is -0.336. The van der Waals surface area contributed by atoms with E-state index in [2.05, 4.69) is 4.98 Å². The van der Waals surface area contributed by atoms with Gasteiger partial charge in [-0.05, 0) is 18.6 Å². The van der Waals surface area contributed by atoms with Crippen LogP contribution in [0.4, 0.5) is 22.0 Å². The maximum absolute atomic E-state index is 14.0. The van der Waals surface area contributed by atoms with Crippen molar-refractivity contribution in [3.8, 4) is 0 Å². The molecule has 0 aliphatic rings. The molecule has 2 rings (SSSR count). The number of nitrogens with zero attached hydrogens (tertiary/aromatic N) is 1. The summed E-state index contributed by atoms with van der Waals surface area (Å²) >= 11 is 0. The van der Waals surface area contributed by atoms with Crippen molar-refractivity contribution in [2.24, 2.45) is 0 Å². The van der Waals surface area contributed by atoms with Gasteiger partial charge in [-0.25, -0.2) is 0 Å². The van der Waals surface area contributed by atoms with Gasteiger partial charge in [-0.3, -0.25) is 4.98 Å². The fraction of sp³-hybridized carbons (Fsp3) is 0.267. The number of aromatic nitrogens is 1. The zero-order chi connectivity index (χ0) is 16.6. The van der Waals surface area contributed by atoms with Crippen molar-refractivity contribution in [2.75, 3.05) is 0 Å². The molecule has 1 atom stereocenters. The molecule has 0 saturated heterocycles. The molecule has 0 aliphatic carbocycles. The highest BCUT2D eigenvalue weighted by Crippen LogP contribution is 2.51. The summed E-state index contributed by atoms with van der Waals surface area (Å²) in [7, 11) is 0. The van der Waals surface area contributed by atoms with E-state index in [9.17, 15) is 27.1 Å². The molecule has 1 heterocycles. The lowest BCUT2D eigenvalue weighted by Crippen LogP contribution is -2.55. The summed E-state index contributed by atoms with van der Waals surface area (Å²) in [6, 6.07) is 6.95. The number of hydrogen-bond donors (Lipinski definition) is 1. The smallest absolute Gasteiger partial charge is 0.374 e. The van der Waals surface area contributed by atoms with Gasteiger partial charge in [-0.1, -0.05) is 35.9 Å². The molecule has 1 unspecified atom stereocenters. The number of pyridine rings is 1. The van der Waals surface area contributed by atoms with Gasteiger partial charge in [0.05, 0.1) is 0 Å². The van der Waals surface area contributed by atoms with E-state index < -0.39 is 28.8 Å². The fourth-order valence-electron chi connectivity index (χ4n) is 2.11. The van der Waals surface area contributed by atoms with Crippen LogP contribution in [-0.2, 0) is 5.60 Å². The fourth-order valence-corrected chi connectivity index (χ4v) is 2.11. The molecule has 2 nitrogen and oxygen atoms in total. The molecule has 0 amide bonds. The van der Waals surface area contributed by atoms with Crippen LogP contribution in [-0.4, -0.2) is 22.2 Å². The standard InChI is InChI=1S/C15H12F5NO/c1-10-4-6-11(7-5-10)13(22,12-3-2-8-21-9-12)14(16,17)15(18,19)20/h2-9,22H,1H3. The Balaban J connectivity index is 2.73. The second kappa shape index (κ2) is 5.31. The Morgan fingerprint density at radius 1 is 0.909 bits per heavy atom. The maximum Gasteiger partial charge on any atom is 0.457 e. The van der Waals surface area contributed by atoms with Crippen molar-refractivity contribution in [1.29, 1.82) is 0 Å². The summed E-state index contributed by atoms with van der Waals surface area (Å²) in [5.74, 6) is -5.39. The van der Waals surface area contributed by atoms with Gasteiger partial charge in [0.25, 0.3) is 0 Å². The van der Waals surface area contributed by atoms with Crippen LogP contribution in [0.2, 0.25) is 0 Å². The van der Waals surface area contributed by atoms with E-state index in [0.717, 1.165) is 24.4 Å². The third-order valence-electron chi connectivity index (χ3n) is 3.36. The number of halogens is 5. The molecule has 0 radical (unpaired) electrons. The number of benzene rings is 1. The van der Waals surface area contributed by atoms with E-state index in [4.69, 9.17) is 0 Å². The molecule has 7 heteroatoms. The van der Waals surface area contributed by atoms with Gasteiger partial charge in [0, 0.05) is 18.0 Å². The minimum Gasteiger partial charge on any atom is -0.374 e. The number of aliphatic hydroxyl groups is 1. The van der Waals surface area contributed by atoms with E-state index in [1.54, 1.807) is 6.92 Å². The largest absolute Gasteiger partial charge is 0.457 e. The molecule has 0 saturated carbocycles. The zero-order valence-electron chi connectivity index (χ0n) is 11.4. The van der Waals surface area contributed by atoms with Gasteiger partial charge in [0.2, 0.25) is 0 Å². The molecule has 0 bridgehead atoms. The molecule has 22 heavy (non-hydrogen) atoms. The highest BCUT2D eigenvalue weighted by Gasteiger charge is 2.71. The topological polar surface area (TPSA) is 33.1 Å². The molecule has 118 valence electrons. The number of hydrogen-bond acceptors (Lipinski definition) is 2. The third kappa shape index (κ3) is 2.45. The van der Waals surface area contributed by atoms with Crippen molar-refractivity contribution in [1.82, 2.24) is 4.98 Å². The molecular weight excluding hydrogens is 305 g/mol. The van der Waals surface area contributed by atoms with Crippen LogP contribution in [0.3, 0.4) is 0 Å². The van der Waals surface area contributed by atoms with E-state index in [0.29, 0.717) is 5.56 Å². The highest BCUT2D eigenvalue weighted by atomic mass is 19.4. The van der Waals surface area contributed by atoms with Gasteiger partial charge in [0.15, 0.2) is 5.60 Å². The number of rotatable bonds is 3. The van der Waals surface area contributed by atoms with Crippen molar-refractivity contribution < 1.29 is 27.1 Å². The maximum atomic E-state index is 14.0. The summed E-state index contributed by atoms with van der Waals surface area (Å²) in [5, 5.41) is 10.4. The predicted octanol–water partition coefficient (Wildman–Crippen LogP) is 3.82. The number of alkyl halides is 5. The SMILES string of the molecule is Cc1ccc(C(O)(c2cccnc2)C(F)(F)C(F)(F)F)cc1. The monoisotopic (exact) mass is 317 g/mol. The van der Waals surface area contributed by atoms with E-state index in [1.165, 1.54) is 24.4 Å². The first kappa shape index (κ1) is 16.4. The van der Waals surface area contributed by atoms with Crippen LogP contribution in [0.1, 0.15) is 16.7 Å². The quantitative estimate of drug-likeness (QED) is 0.873. The molecule has 1 aromatic heterocycles. The average molecular weight is 317 g/mol. The Morgan fingerprint density at radius 3 is 1.95 bits per heavy atom. The van der Waals surface area contributed by atoms with Crippen LogP contribution in [0.15, 0.2) is 48.8 Å². The van der Waals surface area contributed by atoms with Crippen LogP contribution in [0.5, 0.6) is 0 Å². The van der Waals surface area contributed by atoms with Crippen LogP contribution in [0, 0.1) is 6.92 Å². The first-order valence-electron chi connectivity index (χ1n) is 6.25. The minimum atomic E-state index is -5.93. The molecule has 1 N–H and O–H groups in total. The molecule has 0 aliphatic heterocycles. The molecule has 2 aromatic rings. The molecule has 1 aromatic carbocycles. The Hall–Kier alpha value is -2.02. The zero-order valence-corrected chi connectivity index (χ0v) is 11.4. The van der Waals surface area contributed by atoms with Crippen molar-refractivity contribution in [2.45, 2.75) is 24.6 Å². The number of aryl methyl sites for hydroxylation is 1. The first-order valence-corrected chi connectivity index (χ1v) is 6.25. The average Bonchev–Trinajstić information content (AvgIpc) is 2.46. The summed E-state index contributed by atoms with van der Waals surface area (Å²) in [4.78, 5) is 3.53. The predicted molar refractivity (Wildman–Crippen MR) is 69.4 cm³/mol. The van der Waals surface area contributed by atoms with Crippen molar-refractivity contribution in [3.05, 3.63) is 65.5 Å². The van der Waals surface area contributed by atoms with Gasteiger partial charge < -0.3 is 5.11 Å². The van der Waals surface area contributed by atoms with Crippen LogP contribution >= 0.6 is 0 Å². The molecular formula is C15H12F5NO. The van der Waals surface area contributed by atoms with Crippen LogP contribution in [0.25, 0.3) is 0 Å². The Kier molecular flexibility index (Phi) is 3.95. The Bertz CT molecular complexity index is 639. The lowest BCUT2D eigenvalue weighted by atomic mass is 9.81. The van der Waals surface area contributed by atoms with Crippen molar-refractivity contribution >= 4 is 0 Å². The highest BCUT2D eigenvalue weighted by molar-refractivity contribution is 5.39. The summed E-state index contributed by atoms with van der Waals surface area (Å²) in [6.07, 6.45) is -3.92. The first-order chi connectivity index (χ1) is 10.1. The van der Waals surface area contributed by atoms with Crippen molar-refractivity contribution in [3.63, 3.8) is 0 Å². The Morgan fingerprint density at radius 2 is 1.50 bits per heavy atom. The van der Waals surface area contributed by atoms with Crippen LogP contribution < -0.4 is 0 Å². The second-order valence-electron chi connectivity index (χ2n) is 4.89. The minimum absolute atomic E-state index is 0.562. The summed E-state index contributed by atoms with van der Waals surface area (Å²) in [5.41, 5.74) is -4.10. The Labute approximate surface area is 123 Å².